The van der Waals surface area contributed by atoms with Crippen molar-refractivity contribution in [2.45, 2.75) is 38.8 Å². The Kier molecular flexibility index (Phi) is 2.46. The van der Waals surface area contributed by atoms with E-state index in [0.717, 1.165) is 13.0 Å². The summed E-state index contributed by atoms with van der Waals surface area (Å²) in [5, 5.41) is 0. The van der Waals surface area contributed by atoms with Gasteiger partial charge in [-0.2, -0.15) is 0 Å². The van der Waals surface area contributed by atoms with Gasteiger partial charge in [0, 0.05) is 24.0 Å². The number of hydrogen-bond donors (Lipinski definition) is 1. The number of aromatic nitrogens is 1. The summed E-state index contributed by atoms with van der Waals surface area (Å²) in [7, 11) is 0. The van der Waals surface area contributed by atoms with Crippen molar-refractivity contribution in [1.29, 1.82) is 0 Å². The number of fused-ring (bicyclic) bond motifs is 1. The van der Waals surface area contributed by atoms with Gasteiger partial charge in [0.1, 0.15) is 0 Å². The number of nitrogens with two attached hydrogens (primary N) is 1. The summed E-state index contributed by atoms with van der Waals surface area (Å²) in [6, 6.07) is 2.49. The zero-order valence-electron chi connectivity index (χ0n) is 8.79. The van der Waals surface area contributed by atoms with Gasteiger partial charge in [0.25, 0.3) is 0 Å². The first kappa shape index (κ1) is 9.53. The molecule has 0 spiro atoms. The Morgan fingerprint density at radius 2 is 2.50 bits per heavy atom. The molecular formula is C12H18N2. The Bertz CT molecular complexity index is 349. The molecule has 14 heavy (non-hydrogen) atoms. The number of rotatable bonds is 2. The molecule has 1 atom stereocenters. The van der Waals surface area contributed by atoms with Crippen molar-refractivity contribution in [1.82, 2.24) is 4.57 Å². The Morgan fingerprint density at radius 3 is 3.21 bits per heavy atom. The van der Waals surface area contributed by atoms with Gasteiger partial charge in [-0.15, -0.1) is 6.58 Å². The molecule has 2 N–H and O–H groups in total. The lowest BCUT2D eigenvalue weighted by molar-refractivity contribution is 0.548. The molecule has 1 aliphatic rings. The fraction of sp³-hybridized carbons (Fsp3) is 0.500. The van der Waals surface area contributed by atoms with Crippen LogP contribution in [0.4, 0.5) is 0 Å². The monoisotopic (exact) mass is 190 g/mol. The van der Waals surface area contributed by atoms with Crippen LogP contribution in [-0.4, -0.2) is 4.57 Å². The molecule has 0 bridgehead atoms. The fourth-order valence-corrected chi connectivity index (χ4v) is 2.38. The molecule has 2 rings (SSSR count). The van der Waals surface area contributed by atoms with Gasteiger partial charge in [0.15, 0.2) is 0 Å². The van der Waals surface area contributed by atoms with Crippen molar-refractivity contribution in [3.05, 3.63) is 35.7 Å². The summed E-state index contributed by atoms with van der Waals surface area (Å²) in [5.41, 5.74) is 10.2. The van der Waals surface area contributed by atoms with Crippen LogP contribution in [0.25, 0.3) is 0 Å². The molecule has 0 amide bonds. The van der Waals surface area contributed by atoms with E-state index >= 15 is 0 Å². The van der Waals surface area contributed by atoms with Crippen LogP contribution in [0.15, 0.2) is 18.7 Å². The highest BCUT2D eigenvalue weighted by Crippen LogP contribution is 2.30. The third-order valence-corrected chi connectivity index (χ3v) is 3.09. The van der Waals surface area contributed by atoms with Gasteiger partial charge in [0.05, 0.1) is 0 Å². The maximum atomic E-state index is 6.09. The fourth-order valence-electron chi connectivity index (χ4n) is 2.38. The maximum Gasteiger partial charge on any atom is 0.0403 e. The SMILES string of the molecule is C=CCn1c(C)cc2c1CCCC2N. The third kappa shape index (κ3) is 1.40. The van der Waals surface area contributed by atoms with Crippen molar-refractivity contribution in [2.24, 2.45) is 5.73 Å². The minimum absolute atomic E-state index is 0.253. The van der Waals surface area contributed by atoms with E-state index in [1.165, 1.54) is 29.8 Å². The zero-order chi connectivity index (χ0) is 10.1. The first-order chi connectivity index (χ1) is 6.74. The highest BCUT2D eigenvalue weighted by Gasteiger charge is 2.21. The van der Waals surface area contributed by atoms with Crippen LogP contribution in [0.3, 0.4) is 0 Å². The van der Waals surface area contributed by atoms with E-state index in [0.29, 0.717) is 0 Å². The molecular weight excluding hydrogens is 172 g/mol. The van der Waals surface area contributed by atoms with Crippen molar-refractivity contribution in [3.8, 4) is 0 Å². The Hall–Kier alpha value is -1.02. The molecule has 0 fully saturated rings. The number of aryl methyl sites for hydroxylation is 1. The summed E-state index contributed by atoms with van der Waals surface area (Å²) in [6.07, 6.45) is 5.47. The summed E-state index contributed by atoms with van der Waals surface area (Å²) in [6.45, 7) is 6.85. The van der Waals surface area contributed by atoms with E-state index in [9.17, 15) is 0 Å². The lowest BCUT2D eigenvalue weighted by atomic mass is 9.93. The Labute approximate surface area is 85.4 Å². The second kappa shape index (κ2) is 3.62. The molecule has 1 aromatic rings. The minimum Gasteiger partial charge on any atom is -0.345 e. The standard InChI is InChI=1S/C12H18N2/c1-3-7-14-9(2)8-10-11(13)5-4-6-12(10)14/h3,8,11H,1,4-7,13H2,2H3. The Morgan fingerprint density at radius 1 is 1.71 bits per heavy atom. The average Bonchev–Trinajstić information content (AvgIpc) is 2.47. The number of allylic oxidation sites excluding steroid dienone is 1. The molecule has 2 nitrogen and oxygen atoms in total. The van der Waals surface area contributed by atoms with E-state index in [-0.39, 0.29) is 6.04 Å². The smallest absolute Gasteiger partial charge is 0.0403 e. The average molecular weight is 190 g/mol. The lowest BCUT2D eigenvalue weighted by Crippen LogP contribution is -2.18. The van der Waals surface area contributed by atoms with Crippen molar-refractivity contribution >= 4 is 0 Å². The van der Waals surface area contributed by atoms with Crippen molar-refractivity contribution < 1.29 is 0 Å². The van der Waals surface area contributed by atoms with E-state index in [2.05, 4.69) is 24.1 Å². The summed E-state index contributed by atoms with van der Waals surface area (Å²) >= 11 is 0. The second-order valence-electron chi connectivity index (χ2n) is 4.09. The van der Waals surface area contributed by atoms with Gasteiger partial charge < -0.3 is 10.3 Å². The topological polar surface area (TPSA) is 30.9 Å². The van der Waals surface area contributed by atoms with Gasteiger partial charge in [-0.25, -0.2) is 0 Å². The highest BCUT2D eigenvalue weighted by molar-refractivity contribution is 5.32. The zero-order valence-corrected chi connectivity index (χ0v) is 8.79. The lowest BCUT2D eigenvalue weighted by Gasteiger charge is -2.20. The highest BCUT2D eigenvalue weighted by atomic mass is 15.0. The van der Waals surface area contributed by atoms with Crippen LogP contribution in [0.2, 0.25) is 0 Å². The van der Waals surface area contributed by atoms with Crippen LogP contribution >= 0.6 is 0 Å². The molecule has 1 unspecified atom stereocenters. The van der Waals surface area contributed by atoms with E-state index in [1.54, 1.807) is 0 Å². The molecule has 76 valence electrons. The normalized spacial score (nSPS) is 20.6. The van der Waals surface area contributed by atoms with Crippen LogP contribution in [0, 0.1) is 6.92 Å². The first-order valence-electron chi connectivity index (χ1n) is 5.29. The van der Waals surface area contributed by atoms with Gasteiger partial charge in [-0.1, -0.05) is 6.08 Å². The van der Waals surface area contributed by atoms with Crippen molar-refractivity contribution in [2.75, 3.05) is 0 Å². The van der Waals surface area contributed by atoms with Gasteiger partial charge >= 0.3 is 0 Å². The molecule has 0 aliphatic heterocycles. The predicted octanol–water partition coefficient (Wildman–Crippen LogP) is 2.32. The van der Waals surface area contributed by atoms with Crippen molar-refractivity contribution in [3.63, 3.8) is 0 Å². The van der Waals surface area contributed by atoms with Gasteiger partial charge in [-0.05, 0) is 37.8 Å². The molecule has 0 saturated carbocycles. The summed E-state index contributed by atoms with van der Waals surface area (Å²) < 4.78 is 2.33. The quantitative estimate of drug-likeness (QED) is 0.713. The van der Waals surface area contributed by atoms with E-state index in [4.69, 9.17) is 5.73 Å². The number of hydrogen-bond acceptors (Lipinski definition) is 1. The maximum absolute atomic E-state index is 6.09. The molecule has 1 aliphatic carbocycles. The van der Waals surface area contributed by atoms with Crippen LogP contribution < -0.4 is 5.73 Å². The number of nitrogens with zero attached hydrogens (tertiary/aromatic N) is 1. The van der Waals surface area contributed by atoms with Gasteiger partial charge in [-0.3, -0.25) is 0 Å². The summed E-state index contributed by atoms with van der Waals surface area (Å²) in [5.74, 6) is 0. The van der Waals surface area contributed by atoms with Crippen LogP contribution in [0.1, 0.15) is 35.8 Å². The van der Waals surface area contributed by atoms with Gasteiger partial charge in [0.2, 0.25) is 0 Å². The molecule has 0 aromatic carbocycles. The molecule has 0 saturated heterocycles. The molecule has 1 aromatic heterocycles. The molecule has 2 heteroatoms. The Balaban J connectivity index is 2.45. The minimum atomic E-state index is 0.253. The molecule has 1 heterocycles. The van der Waals surface area contributed by atoms with E-state index in [1.807, 2.05) is 6.08 Å². The predicted molar refractivity (Wildman–Crippen MR) is 59.2 cm³/mol. The molecule has 0 radical (unpaired) electrons. The van der Waals surface area contributed by atoms with Crippen LogP contribution in [-0.2, 0) is 13.0 Å². The van der Waals surface area contributed by atoms with Crippen LogP contribution in [0.5, 0.6) is 0 Å². The van der Waals surface area contributed by atoms with E-state index < -0.39 is 0 Å². The third-order valence-electron chi connectivity index (χ3n) is 3.09. The second-order valence-corrected chi connectivity index (χ2v) is 4.09. The summed E-state index contributed by atoms with van der Waals surface area (Å²) in [4.78, 5) is 0. The first-order valence-corrected chi connectivity index (χ1v) is 5.29. The largest absolute Gasteiger partial charge is 0.345 e.